The molecule has 0 bridgehead atoms. The average Bonchev–Trinajstić information content (AvgIpc) is 2.58. The van der Waals surface area contributed by atoms with Crippen LogP contribution in [0.4, 0.5) is 19.3 Å². The maximum Gasteiger partial charge on any atom is 0.407 e. The highest BCUT2D eigenvalue weighted by atomic mass is 19.1. The van der Waals surface area contributed by atoms with Crippen LogP contribution >= 0.6 is 0 Å². The molecule has 3 amide bonds. The maximum absolute atomic E-state index is 14.6. The number of nitrogens with zero attached hydrogens (tertiary/aromatic N) is 1. The lowest BCUT2D eigenvalue weighted by molar-refractivity contribution is -0.134. The van der Waals surface area contributed by atoms with Gasteiger partial charge in [-0.15, -0.1) is 0 Å². The van der Waals surface area contributed by atoms with Crippen molar-refractivity contribution in [2.24, 2.45) is 5.92 Å². The molecule has 2 aliphatic heterocycles. The van der Waals surface area contributed by atoms with E-state index in [-0.39, 0.29) is 24.5 Å². The van der Waals surface area contributed by atoms with Gasteiger partial charge < -0.3 is 15.0 Å². The van der Waals surface area contributed by atoms with Gasteiger partial charge in [0.1, 0.15) is 17.7 Å². The normalized spacial score (nSPS) is 19.8. The minimum Gasteiger partial charge on any atom is -0.442 e. The molecule has 1 aromatic rings. The number of piperidine rings is 1. The predicted molar refractivity (Wildman–Crippen MR) is 101 cm³/mol. The Balaban J connectivity index is 1.56. The van der Waals surface area contributed by atoms with E-state index in [4.69, 9.17) is 4.74 Å². The van der Waals surface area contributed by atoms with Gasteiger partial charge in [0, 0.05) is 24.2 Å². The third kappa shape index (κ3) is 5.02. The largest absolute Gasteiger partial charge is 0.442 e. The summed E-state index contributed by atoms with van der Waals surface area (Å²) in [4.78, 5) is 36.6. The summed E-state index contributed by atoms with van der Waals surface area (Å²) in [7, 11) is 0. The molecular formula is C20H25F2N3O4. The van der Waals surface area contributed by atoms with Crippen LogP contribution in [0.25, 0.3) is 0 Å². The zero-order chi connectivity index (χ0) is 21.1. The van der Waals surface area contributed by atoms with Gasteiger partial charge in [0.05, 0.1) is 19.0 Å². The van der Waals surface area contributed by atoms with E-state index in [0.717, 1.165) is 6.42 Å². The fraction of sp³-hybridized carbons (Fsp3) is 0.550. The molecule has 2 N–H and O–H groups in total. The molecule has 7 nitrogen and oxygen atoms in total. The third-order valence-electron chi connectivity index (χ3n) is 5.13. The van der Waals surface area contributed by atoms with E-state index in [0.29, 0.717) is 31.2 Å². The third-order valence-corrected chi connectivity index (χ3v) is 5.13. The number of amides is 3. The van der Waals surface area contributed by atoms with Gasteiger partial charge in [-0.3, -0.25) is 14.9 Å². The van der Waals surface area contributed by atoms with Crippen LogP contribution in [0.5, 0.6) is 0 Å². The Kier molecular flexibility index (Phi) is 6.34. The Bertz CT molecular complexity index is 786. The van der Waals surface area contributed by atoms with Gasteiger partial charge in [-0.05, 0) is 30.9 Å². The Hall–Kier alpha value is -2.71. The smallest absolute Gasteiger partial charge is 0.407 e. The first-order valence-electron chi connectivity index (χ1n) is 9.76. The van der Waals surface area contributed by atoms with Crippen molar-refractivity contribution < 1.29 is 27.9 Å². The van der Waals surface area contributed by atoms with E-state index in [1.54, 1.807) is 4.90 Å². The van der Waals surface area contributed by atoms with Crippen molar-refractivity contribution in [3.8, 4) is 0 Å². The van der Waals surface area contributed by atoms with E-state index in [9.17, 15) is 23.2 Å². The summed E-state index contributed by atoms with van der Waals surface area (Å²) in [6.45, 7) is 5.30. The molecule has 9 heteroatoms. The van der Waals surface area contributed by atoms with Crippen LogP contribution in [0.1, 0.15) is 44.6 Å². The van der Waals surface area contributed by atoms with Crippen molar-refractivity contribution in [1.82, 2.24) is 10.6 Å². The van der Waals surface area contributed by atoms with Gasteiger partial charge in [-0.1, -0.05) is 13.8 Å². The van der Waals surface area contributed by atoms with E-state index >= 15 is 0 Å². The van der Waals surface area contributed by atoms with Crippen molar-refractivity contribution in [3.63, 3.8) is 0 Å². The van der Waals surface area contributed by atoms with Crippen molar-refractivity contribution in [3.05, 3.63) is 29.3 Å². The second-order valence-corrected chi connectivity index (χ2v) is 7.87. The number of halogens is 2. The van der Waals surface area contributed by atoms with Gasteiger partial charge in [0.2, 0.25) is 11.8 Å². The molecule has 0 spiro atoms. The van der Waals surface area contributed by atoms with Crippen molar-refractivity contribution >= 4 is 23.6 Å². The van der Waals surface area contributed by atoms with Crippen LogP contribution in [0.2, 0.25) is 0 Å². The Morgan fingerprint density at radius 2 is 1.93 bits per heavy atom. The van der Waals surface area contributed by atoms with Gasteiger partial charge in [-0.2, -0.15) is 0 Å². The SMILES string of the molecule is CC(C)CCNC(=O)OC1CN(c2cc(F)c(C3CCC(=O)NC3=O)c(F)c2)C1. The number of alkyl carbamates (subject to hydrolysis) is 1. The molecule has 2 saturated heterocycles. The summed E-state index contributed by atoms with van der Waals surface area (Å²) in [5.41, 5.74) is -0.00675. The summed E-state index contributed by atoms with van der Waals surface area (Å²) < 4.78 is 34.4. The molecule has 1 aromatic carbocycles. The van der Waals surface area contributed by atoms with E-state index in [2.05, 4.69) is 24.5 Å². The second kappa shape index (κ2) is 8.75. The molecule has 1 unspecified atom stereocenters. The molecule has 0 saturated carbocycles. The Morgan fingerprint density at radius 1 is 1.28 bits per heavy atom. The fourth-order valence-corrected chi connectivity index (χ4v) is 3.43. The molecule has 1 atom stereocenters. The standard InChI is InChI=1S/C20H25F2N3O4/c1-11(2)5-6-23-20(28)29-13-9-25(10-13)12-7-15(21)18(16(22)8-12)14-3-4-17(26)24-19(14)27/h7-8,11,13-14H,3-6,9-10H2,1-2H3,(H,23,28)(H,24,26,27). The van der Waals surface area contributed by atoms with Gasteiger partial charge in [-0.25, -0.2) is 13.6 Å². The lowest BCUT2D eigenvalue weighted by Gasteiger charge is -2.40. The quantitative estimate of drug-likeness (QED) is 0.705. The Morgan fingerprint density at radius 3 is 2.52 bits per heavy atom. The molecule has 3 rings (SSSR count). The maximum atomic E-state index is 14.6. The minimum absolute atomic E-state index is 0.0431. The van der Waals surface area contributed by atoms with E-state index < -0.39 is 35.5 Å². The van der Waals surface area contributed by atoms with Gasteiger partial charge in [0.25, 0.3) is 0 Å². The lowest BCUT2D eigenvalue weighted by atomic mass is 9.89. The van der Waals surface area contributed by atoms with Crippen LogP contribution in [0.3, 0.4) is 0 Å². The number of rotatable bonds is 6. The topological polar surface area (TPSA) is 87.7 Å². The van der Waals surface area contributed by atoms with Gasteiger partial charge in [0.15, 0.2) is 0 Å². The average molecular weight is 409 g/mol. The summed E-state index contributed by atoms with van der Waals surface area (Å²) in [5, 5.41) is 4.79. The van der Waals surface area contributed by atoms with Crippen molar-refractivity contribution in [2.75, 3.05) is 24.5 Å². The molecule has 0 aromatic heterocycles. The van der Waals surface area contributed by atoms with Gasteiger partial charge >= 0.3 is 6.09 Å². The van der Waals surface area contributed by atoms with Crippen LogP contribution < -0.4 is 15.5 Å². The first-order valence-corrected chi connectivity index (χ1v) is 9.76. The Labute approximate surface area is 167 Å². The first kappa shape index (κ1) is 21.0. The second-order valence-electron chi connectivity index (χ2n) is 7.87. The number of hydrogen-bond donors (Lipinski definition) is 2. The summed E-state index contributed by atoms with van der Waals surface area (Å²) in [5.74, 6) is -3.34. The number of nitrogens with one attached hydrogen (secondary N) is 2. The molecule has 2 heterocycles. The highest BCUT2D eigenvalue weighted by Crippen LogP contribution is 2.33. The first-order chi connectivity index (χ1) is 13.7. The number of carbonyl (C=O) groups excluding carboxylic acids is 3. The van der Waals surface area contributed by atoms with E-state index in [1.165, 1.54) is 12.1 Å². The molecule has 0 radical (unpaired) electrons. The summed E-state index contributed by atoms with van der Waals surface area (Å²) in [6.07, 6.45) is 0.116. The van der Waals surface area contributed by atoms with Crippen LogP contribution in [-0.2, 0) is 14.3 Å². The summed E-state index contributed by atoms with van der Waals surface area (Å²) in [6, 6.07) is 2.34. The molecular weight excluding hydrogens is 384 g/mol. The number of anilines is 1. The fourth-order valence-electron chi connectivity index (χ4n) is 3.43. The number of ether oxygens (including phenoxy) is 1. The monoisotopic (exact) mass is 409 g/mol. The number of benzene rings is 1. The number of carbonyl (C=O) groups is 3. The molecule has 158 valence electrons. The zero-order valence-corrected chi connectivity index (χ0v) is 16.5. The van der Waals surface area contributed by atoms with Crippen molar-refractivity contribution in [2.45, 2.75) is 45.1 Å². The van der Waals surface area contributed by atoms with Crippen LogP contribution in [0.15, 0.2) is 12.1 Å². The van der Waals surface area contributed by atoms with Crippen molar-refractivity contribution in [1.29, 1.82) is 0 Å². The zero-order valence-electron chi connectivity index (χ0n) is 16.5. The lowest BCUT2D eigenvalue weighted by Crippen LogP contribution is -2.54. The highest BCUT2D eigenvalue weighted by molar-refractivity contribution is 6.01. The molecule has 2 aliphatic rings. The van der Waals surface area contributed by atoms with E-state index in [1.807, 2.05) is 0 Å². The van der Waals surface area contributed by atoms with Crippen LogP contribution in [-0.4, -0.2) is 43.6 Å². The number of hydrogen-bond acceptors (Lipinski definition) is 5. The number of imide groups is 1. The van der Waals surface area contributed by atoms with Crippen LogP contribution in [0, 0.1) is 17.6 Å². The molecule has 2 fully saturated rings. The summed E-state index contributed by atoms with van der Waals surface area (Å²) >= 11 is 0. The highest BCUT2D eigenvalue weighted by Gasteiger charge is 2.35. The predicted octanol–water partition coefficient (Wildman–Crippen LogP) is 2.45. The minimum atomic E-state index is -1.02. The molecule has 29 heavy (non-hydrogen) atoms. The molecule has 0 aliphatic carbocycles.